The van der Waals surface area contributed by atoms with Crippen LogP contribution in [0.2, 0.25) is 0 Å². The molecule has 2 aliphatic rings. The maximum atomic E-state index is 11.9. The Kier molecular flexibility index (Phi) is 4.52. The van der Waals surface area contributed by atoms with Gasteiger partial charge in [0.15, 0.2) is 5.82 Å². The second-order valence-corrected chi connectivity index (χ2v) is 6.91. The van der Waals surface area contributed by atoms with E-state index in [9.17, 15) is 4.79 Å². The van der Waals surface area contributed by atoms with Crippen LogP contribution in [0.15, 0.2) is 18.5 Å². The molecule has 25 heavy (non-hydrogen) atoms. The van der Waals surface area contributed by atoms with Crippen molar-refractivity contribution in [1.82, 2.24) is 29.4 Å². The van der Waals surface area contributed by atoms with E-state index in [1.165, 1.54) is 12.8 Å². The Bertz CT molecular complexity index is 714. The lowest BCUT2D eigenvalue weighted by molar-refractivity contribution is -0.132. The van der Waals surface area contributed by atoms with Crippen molar-refractivity contribution in [3.8, 4) is 0 Å². The first-order valence-electron chi connectivity index (χ1n) is 9.06. The number of aromatic nitrogens is 5. The highest BCUT2D eigenvalue weighted by atomic mass is 16.3. The molecule has 1 N–H and O–H groups in total. The first kappa shape index (κ1) is 16.3. The zero-order valence-electron chi connectivity index (χ0n) is 14.3. The van der Waals surface area contributed by atoms with Gasteiger partial charge in [-0.15, -0.1) is 10.2 Å². The van der Waals surface area contributed by atoms with E-state index in [2.05, 4.69) is 19.9 Å². The van der Waals surface area contributed by atoms with Crippen LogP contribution >= 0.6 is 0 Å². The lowest BCUT2D eigenvalue weighted by atomic mass is 9.95. The topological polar surface area (TPSA) is 89.1 Å². The van der Waals surface area contributed by atoms with Gasteiger partial charge in [-0.1, -0.05) is 0 Å². The Morgan fingerprint density at radius 3 is 2.64 bits per heavy atom. The van der Waals surface area contributed by atoms with Crippen LogP contribution in [0.25, 0.3) is 0 Å². The van der Waals surface area contributed by atoms with Crippen LogP contribution in [0.1, 0.15) is 55.7 Å². The van der Waals surface area contributed by atoms with Gasteiger partial charge in [-0.2, -0.15) is 5.10 Å². The predicted octanol–water partition coefficient (Wildman–Crippen LogP) is 0.946. The highest BCUT2D eigenvalue weighted by Crippen LogP contribution is 2.39. The molecule has 2 aromatic heterocycles. The summed E-state index contributed by atoms with van der Waals surface area (Å²) in [6.07, 6.45) is 8.12. The largest absolute Gasteiger partial charge is 0.396 e. The van der Waals surface area contributed by atoms with E-state index in [0.717, 1.165) is 37.6 Å². The molecule has 1 amide bonds. The molecule has 0 unspecified atom stereocenters. The number of carbonyl (C=O) groups excluding carboxylic acids is 1. The van der Waals surface area contributed by atoms with Gasteiger partial charge >= 0.3 is 0 Å². The van der Waals surface area contributed by atoms with Crippen molar-refractivity contribution in [2.24, 2.45) is 0 Å². The molecule has 4 rings (SSSR count). The summed E-state index contributed by atoms with van der Waals surface area (Å²) in [6.45, 7) is 2.03. The molecule has 0 bridgehead atoms. The van der Waals surface area contributed by atoms with Crippen LogP contribution < -0.4 is 0 Å². The third-order valence-corrected chi connectivity index (χ3v) is 5.11. The van der Waals surface area contributed by atoms with Gasteiger partial charge in [-0.05, 0) is 31.7 Å². The van der Waals surface area contributed by atoms with E-state index in [1.807, 2.05) is 21.8 Å². The normalized spacial score (nSPS) is 18.7. The Morgan fingerprint density at radius 2 is 2.00 bits per heavy atom. The van der Waals surface area contributed by atoms with Crippen molar-refractivity contribution in [2.75, 3.05) is 19.7 Å². The average molecular weight is 344 g/mol. The highest BCUT2D eigenvalue weighted by Gasteiger charge is 2.34. The summed E-state index contributed by atoms with van der Waals surface area (Å²) in [5.74, 6) is 2.43. The quantitative estimate of drug-likeness (QED) is 0.843. The molecular formula is C17H24N6O2. The smallest absolute Gasteiger partial charge is 0.224 e. The Balaban J connectivity index is 1.48. The fourth-order valence-corrected chi connectivity index (χ4v) is 3.63. The Hall–Kier alpha value is -2.22. The third kappa shape index (κ3) is 3.44. The lowest BCUT2D eigenvalue weighted by Crippen LogP contribution is -2.38. The lowest BCUT2D eigenvalue weighted by Gasteiger charge is -2.31. The number of likely N-dealkylation sites (tertiary alicyclic amines) is 1. The summed E-state index contributed by atoms with van der Waals surface area (Å²) in [4.78, 5) is 13.8. The number of hydrogen-bond donors (Lipinski definition) is 1. The minimum atomic E-state index is -0.0778. The van der Waals surface area contributed by atoms with E-state index in [1.54, 1.807) is 6.20 Å². The van der Waals surface area contributed by atoms with E-state index in [0.29, 0.717) is 18.5 Å². The highest BCUT2D eigenvalue weighted by molar-refractivity contribution is 5.76. The number of aliphatic hydroxyl groups is 1. The fraction of sp³-hybridized carbons (Fsp3) is 0.647. The van der Waals surface area contributed by atoms with Crippen LogP contribution in [-0.2, 0) is 11.3 Å². The molecule has 0 radical (unpaired) electrons. The van der Waals surface area contributed by atoms with Crippen LogP contribution in [-0.4, -0.2) is 60.2 Å². The second-order valence-electron chi connectivity index (χ2n) is 6.91. The minimum absolute atomic E-state index is 0.0454. The average Bonchev–Trinajstić information content (AvgIpc) is 3.17. The minimum Gasteiger partial charge on any atom is -0.396 e. The SMILES string of the molecule is O=C(CCO)N1CCC(c2nnc(Cn3cccn3)n2C2CC2)CC1. The number of amides is 1. The van der Waals surface area contributed by atoms with Gasteiger partial charge in [0.2, 0.25) is 5.91 Å². The molecule has 0 aromatic carbocycles. The molecule has 0 spiro atoms. The first-order valence-corrected chi connectivity index (χ1v) is 9.06. The number of nitrogens with zero attached hydrogens (tertiary/aromatic N) is 6. The van der Waals surface area contributed by atoms with Gasteiger partial charge in [-0.3, -0.25) is 9.48 Å². The van der Waals surface area contributed by atoms with E-state index < -0.39 is 0 Å². The van der Waals surface area contributed by atoms with Crippen LogP contribution in [0, 0.1) is 0 Å². The molecule has 1 aliphatic carbocycles. The number of aliphatic hydroxyl groups excluding tert-OH is 1. The van der Waals surface area contributed by atoms with Gasteiger partial charge in [0.05, 0.1) is 6.61 Å². The van der Waals surface area contributed by atoms with Crippen molar-refractivity contribution in [1.29, 1.82) is 0 Å². The van der Waals surface area contributed by atoms with Crippen molar-refractivity contribution in [3.63, 3.8) is 0 Å². The molecule has 1 saturated carbocycles. The molecule has 2 aromatic rings. The van der Waals surface area contributed by atoms with E-state index in [-0.39, 0.29) is 18.9 Å². The number of carbonyl (C=O) groups is 1. The zero-order valence-corrected chi connectivity index (χ0v) is 14.3. The van der Waals surface area contributed by atoms with Crippen LogP contribution in [0.4, 0.5) is 0 Å². The second kappa shape index (κ2) is 6.95. The Morgan fingerprint density at radius 1 is 1.20 bits per heavy atom. The van der Waals surface area contributed by atoms with Gasteiger partial charge in [0, 0.05) is 43.9 Å². The zero-order chi connectivity index (χ0) is 17.2. The third-order valence-electron chi connectivity index (χ3n) is 5.11. The summed E-state index contributed by atoms with van der Waals surface area (Å²) < 4.78 is 4.19. The summed E-state index contributed by atoms with van der Waals surface area (Å²) in [6, 6.07) is 2.43. The summed E-state index contributed by atoms with van der Waals surface area (Å²) in [7, 11) is 0. The van der Waals surface area contributed by atoms with Crippen molar-refractivity contribution in [2.45, 2.75) is 50.6 Å². The van der Waals surface area contributed by atoms with Crippen molar-refractivity contribution >= 4 is 5.91 Å². The maximum Gasteiger partial charge on any atom is 0.224 e. The monoisotopic (exact) mass is 344 g/mol. The van der Waals surface area contributed by atoms with Crippen molar-refractivity contribution < 1.29 is 9.90 Å². The summed E-state index contributed by atoms with van der Waals surface area (Å²) >= 11 is 0. The standard InChI is InChI=1S/C17H24N6O2/c24-11-6-16(25)21-9-4-13(5-10-21)17-20-19-15(23(17)14-2-3-14)12-22-8-1-7-18-22/h1,7-8,13-14,24H,2-6,9-12H2. The number of piperidine rings is 1. The fourth-order valence-electron chi connectivity index (χ4n) is 3.63. The summed E-state index contributed by atoms with van der Waals surface area (Å²) in [5.41, 5.74) is 0. The molecule has 8 nitrogen and oxygen atoms in total. The van der Waals surface area contributed by atoms with Gasteiger partial charge in [-0.25, -0.2) is 0 Å². The molecular weight excluding hydrogens is 320 g/mol. The number of hydrogen-bond acceptors (Lipinski definition) is 5. The van der Waals surface area contributed by atoms with Crippen LogP contribution in [0.3, 0.4) is 0 Å². The van der Waals surface area contributed by atoms with Gasteiger partial charge in [0.25, 0.3) is 0 Å². The molecule has 1 saturated heterocycles. The maximum absolute atomic E-state index is 11.9. The molecule has 134 valence electrons. The molecule has 8 heteroatoms. The first-order chi connectivity index (χ1) is 12.3. The number of rotatable bonds is 6. The van der Waals surface area contributed by atoms with E-state index in [4.69, 9.17) is 5.11 Å². The Labute approximate surface area is 146 Å². The molecule has 0 atom stereocenters. The molecule has 3 heterocycles. The van der Waals surface area contributed by atoms with Crippen LogP contribution in [0.5, 0.6) is 0 Å². The van der Waals surface area contributed by atoms with Crippen molar-refractivity contribution in [3.05, 3.63) is 30.1 Å². The summed E-state index contributed by atoms with van der Waals surface area (Å²) in [5, 5.41) is 22.2. The predicted molar refractivity (Wildman–Crippen MR) is 89.9 cm³/mol. The van der Waals surface area contributed by atoms with Gasteiger partial charge < -0.3 is 14.6 Å². The van der Waals surface area contributed by atoms with Gasteiger partial charge in [0.1, 0.15) is 12.4 Å². The van der Waals surface area contributed by atoms with E-state index >= 15 is 0 Å². The molecule has 1 aliphatic heterocycles. The molecule has 2 fully saturated rings.